The van der Waals surface area contributed by atoms with Crippen molar-refractivity contribution >= 4 is 124 Å². The predicted molar refractivity (Wildman–Crippen MR) is 272 cm³/mol. The number of nitrogens with zero attached hydrogens (tertiary/aromatic N) is 1. The van der Waals surface area contributed by atoms with Crippen molar-refractivity contribution in [3.05, 3.63) is 224 Å². The first kappa shape index (κ1) is 35.7. The van der Waals surface area contributed by atoms with Gasteiger partial charge in [0.15, 0.2) is 5.58 Å². The van der Waals surface area contributed by atoms with Crippen LogP contribution in [-0.2, 0) is 0 Å². The third kappa shape index (κ3) is 5.64. The van der Waals surface area contributed by atoms with Crippen molar-refractivity contribution in [2.45, 2.75) is 0 Å². The number of fused-ring (bicyclic) bond motifs is 16. The zero-order chi connectivity index (χ0) is 41.4. The van der Waals surface area contributed by atoms with E-state index in [1.165, 1.54) is 74.0 Å². The summed E-state index contributed by atoms with van der Waals surface area (Å²) in [6.07, 6.45) is 0. The number of thiophene rings is 1. The van der Waals surface area contributed by atoms with Crippen molar-refractivity contribution in [2.24, 2.45) is 0 Å². The molecule has 0 aliphatic carbocycles. The summed E-state index contributed by atoms with van der Waals surface area (Å²) in [6.45, 7) is 0. The van der Waals surface area contributed by atoms with E-state index in [0.29, 0.717) is 0 Å². The monoisotopic (exact) mass is 819 g/mol. The van der Waals surface area contributed by atoms with Gasteiger partial charge in [-0.25, -0.2) is 0 Å². The van der Waals surface area contributed by atoms with Crippen LogP contribution in [0.4, 0.5) is 17.1 Å². The second-order valence-corrected chi connectivity index (χ2v) is 17.4. The number of anilines is 3. The first-order valence-corrected chi connectivity index (χ1v) is 22.3. The van der Waals surface area contributed by atoms with Crippen molar-refractivity contribution in [3.63, 3.8) is 0 Å². The molecule has 0 amide bonds. The second kappa shape index (κ2) is 14.3. The third-order valence-corrected chi connectivity index (χ3v) is 14.0. The van der Waals surface area contributed by atoms with Crippen molar-refractivity contribution in [3.8, 4) is 11.1 Å². The van der Waals surface area contributed by atoms with E-state index < -0.39 is 0 Å². The molecule has 3 heteroatoms. The normalized spacial score (nSPS) is 11.8. The molecule has 0 spiro atoms. The highest BCUT2D eigenvalue weighted by molar-refractivity contribution is 7.25. The van der Waals surface area contributed by atoms with Crippen LogP contribution in [0.25, 0.3) is 107 Å². The van der Waals surface area contributed by atoms with Crippen molar-refractivity contribution in [1.82, 2.24) is 0 Å². The highest BCUT2D eigenvalue weighted by Gasteiger charge is 2.23. The Morgan fingerprint density at radius 2 is 0.810 bits per heavy atom. The highest BCUT2D eigenvalue weighted by Crippen LogP contribution is 2.48. The van der Waals surface area contributed by atoms with Gasteiger partial charge in [-0.3, -0.25) is 0 Å². The van der Waals surface area contributed by atoms with Gasteiger partial charge in [0.2, 0.25) is 0 Å². The van der Waals surface area contributed by atoms with Gasteiger partial charge in [-0.15, -0.1) is 11.3 Å². The van der Waals surface area contributed by atoms with Crippen LogP contribution in [0.15, 0.2) is 229 Å². The Morgan fingerprint density at radius 1 is 0.302 bits per heavy atom. The fourth-order valence-electron chi connectivity index (χ4n) is 10.1. The first-order chi connectivity index (χ1) is 31.3. The lowest BCUT2D eigenvalue weighted by Gasteiger charge is -2.28. The zero-order valence-corrected chi connectivity index (χ0v) is 34.9. The van der Waals surface area contributed by atoms with Gasteiger partial charge in [0, 0.05) is 42.2 Å². The van der Waals surface area contributed by atoms with Gasteiger partial charge in [-0.05, 0) is 108 Å². The average molecular weight is 820 g/mol. The zero-order valence-electron chi connectivity index (χ0n) is 34.1. The van der Waals surface area contributed by atoms with Crippen LogP contribution < -0.4 is 4.90 Å². The van der Waals surface area contributed by atoms with Crippen LogP contribution in [0.1, 0.15) is 0 Å². The van der Waals surface area contributed by atoms with Crippen molar-refractivity contribution in [1.29, 1.82) is 0 Å². The molecule has 13 aromatic rings. The number of furan rings is 1. The van der Waals surface area contributed by atoms with Crippen LogP contribution in [0, 0.1) is 0 Å². The Bertz CT molecular complexity index is 4050. The first-order valence-electron chi connectivity index (χ1n) is 21.5. The molecule has 0 N–H and O–H groups in total. The molecule has 0 atom stereocenters. The van der Waals surface area contributed by atoms with Gasteiger partial charge in [0.1, 0.15) is 5.58 Å². The van der Waals surface area contributed by atoms with Crippen LogP contribution in [-0.4, -0.2) is 0 Å². The summed E-state index contributed by atoms with van der Waals surface area (Å²) in [5.74, 6) is 0. The summed E-state index contributed by atoms with van der Waals surface area (Å²) in [7, 11) is 0. The Kier molecular flexibility index (Phi) is 8.12. The molecule has 0 aliphatic heterocycles. The maximum absolute atomic E-state index is 6.85. The molecule has 0 saturated heterocycles. The van der Waals surface area contributed by atoms with E-state index in [9.17, 15) is 0 Å². The summed E-state index contributed by atoms with van der Waals surface area (Å²) in [4.78, 5) is 2.42. The SMILES string of the molecule is c1ccc(-c2ccccc2N(c2ccc3c4ccccc4c4ccccc4c4ccccc4c4cc5sc6ccccc6c5cc4c3c2)c2cccc3c2oc2ccccc23)cc1. The smallest absolute Gasteiger partial charge is 0.159 e. The van der Waals surface area contributed by atoms with E-state index >= 15 is 0 Å². The molecule has 0 aliphatic rings. The maximum atomic E-state index is 6.85. The van der Waals surface area contributed by atoms with E-state index in [-0.39, 0.29) is 0 Å². The predicted octanol–water partition coefficient (Wildman–Crippen LogP) is 18.0. The average Bonchev–Trinajstić information content (AvgIpc) is 3.92. The molecule has 2 heterocycles. The van der Waals surface area contributed by atoms with E-state index in [2.05, 4.69) is 223 Å². The fraction of sp³-hybridized carbons (Fsp3) is 0. The molecule has 11 aromatic carbocycles. The lowest BCUT2D eigenvalue weighted by atomic mass is 9.93. The maximum Gasteiger partial charge on any atom is 0.159 e. The molecule has 2 nitrogen and oxygen atoms in total. The van der Waals surface area contributed by atoms with E-state index in [4.69, 9.17) is 4.42 Å². The number of benzene rings is 10. The fourth-order valence-corrected chi connectivity index (χ4v) is 11.2. The Hall–Kier alpha value is -7.98. The minimum Gasteiger partial charge on any atom is -0.454 e. The van der Waals surface area contributed by atoms with E-state index in [0.717, 1.165) is 50.1 Å². The molecule has 13 rings (SSSR count). The molecule has 294 valence electrons. The Morgan fingerprint density at radius 3 is 1.52 bits per heavy atom. The van der Waals surface area contributed by atoms with Crippen molar-refractivity contribution in [2.75, 3.05) is 4.90 Å². The lowest BCUT2D eigenvalue weighted by molar-refractivity contribution is 0.669. The number of rotatable bonds is 4. The van der Waals surface area contributed by atoms with Crippen LogP contribution >= 0.6 is 11.3 Å². The number of hydrogen-bond donors (Lipinski definition) is 0. The molecule has 0 saturated carbocycles. The second-order valence-electron chi connectivity index (χ2n) is 16.3. The largest absolute Gasteiger partial charge is 0.454 e. The highest BCUT2D eigenvalue weighted by atomic mass is 32.1. The molecule has 0 fully saturated rings. The molecule has 2 aromatic heterocycles. The quantitative estimate of drug-likeness (QED) is 0.176. The van der Waals surface area contributed by atoms with E-state index in [1.54, 1.807) is 0 Å². The summed E-state index contributed by atoms with van der Waals surface area (Å²) >= 11 is 1.87. The Labute approximate surface area is 367 Å². The number of hydrogen-bond acceptors (Lipinski definition) is 3. The molecule has 0 bridgehead atoms. The summed E-state index contributed by atoms with van der Waals surface area (Å²) in [6, 6.07) is 82.1. The van der Waals surface area contributed by atoms with Crippen molar-refractivity contribution < 1.29 is 4.42 Å². The minimum absolute atomic E-state index is 0.851. The molecule has 63 heavy (non-hydrogen) atoms. The van der Waals surface area contributed by atoms with Gasteiger partial charge in [0.05, 0.1) is 11.4 Å². The van der Waals surface area contributed by atoms with E-state index in [1.807, 2.05) is 17.4 Å². The van der Waals surface area contributed by atoms with Crippen LogP contribution in [0.3, 0.4) is 0 Å². The van der Waals surface area contributed by atoms with Gasteiger partial charge in [-0.2, -0.15) is 0 Å². The van der Waals surface area contributed by atoms with Crippen LogP contribution in [0.2, 0.25) is 0 Å². The summed E-state index contributed by atoms with van der Waals surface area (Å²) in [5.41, 5.74) is 7.09. The molecular formula is C60H37NOS. The third-order valence-electron chi connectivity index (χ3n) is 12.9. The molecule has 0 radical (unpaired) electrons. The van der Waals surface area contributed by atoms with Gasteiger partial charge in [0.25, 0.3) is 0 Å². The van der Waals surface area contributed by atoms with Gasteiger partial charge >= 0.3 is 0 Å². The van der Waals surface area contributed by atoms with Gasteiger partial charge < -0.3 is 9.32 Å². The Balaban J connectivity index is 1.25. The lowest BCUT2D eigenvalue weighted by Crippen LogP contribution is -2.11. The minimum atomic E-state index is 0.851. The topological polar surface area (TPSA) is 16.4 Å². The molecule has 0 unspecified atom stereocenters. The van der Waals surface area contributed by atoms with Gasteiger partial charge in [-0.1, -0.05) is 176 Å². The molecular weight excluding hydrogens is 783 g/mol. The van der Waals surface area contributed by atoms with Crippen LogP contribution in [0.5, 0.6) is 0 Å². The summed E-state index contributed by atoms with van der Waals surface area (Å²) < 4.78 is 9.42. The standard InChI is InChI=1S/C60H37NOS/c1-2-17-38(18-3-1)40-19-10-13-29-55(40)61(56-30-16-28-50-48-26-11-14-31-57(48)62-60(50)56)39-33-34-47-45-24-7-6-22-43(45)41-20-4-5-21-42(41)44-23-8-9-25-46(44)53-37-59-54(36-52(53)51(47)35-39)49-27-12-15-32-58(49)63-59/h1-37H. The summed E-state index contributed by atoms with van der Waals surface area (Å²) in [5, 5.41) is 16.8. The number of para-hydroxylation sites is 3.